The van der Waals surface area contributed by atoms with Crippen LogP contribution in [0.3, 0.4) is 0 Å². The predicted octanol–water partition coefficient (Wildman–Crippen LogP) is 5.59. The molecule has 1 N–H and O–H groups in total. The van der Waals surface area contributed by atoms with Crippen LogP contribution in [0.15, 0.2) is 39.3 Å². The maximum Gasteiger partial charge on any atom is 0.150 e. The first-order valence-corrected chi connectivity index (χ1v) is 7.82. The Labute approximate surface area is 132 Å². The molecule has 0 saturated carbocycles. The van der Waals surface area contributed by atoms with Crippen LogP contribution in [-0.2, 0) is 6.42 Å². The summed E-state index contributed by atoms with van der Waals surface area (Å²) >= 11 is 6.66. The highest BCUT2D eigenvalue weighted by molar-refractivity contribution is 9.10. The van der Waals surface area contributed by atoms with Gasteiger partial charge < -0.3 is 5.32 Å². The number of anilines is 1. The number of hydrogen-bond acceptors (Lipinski definition) is 1. The first kappa shape index (κ1) is 14.0. The molecule has 0 amide bonds. The normalized spacial score (nSPS) is 17.1. The molecule has 0 radical (unpaired) electrons. The van der Waals surface area contributed by atoms with Crippen molar-refractivity contribution in [2.45, 2.75) is 18.9 Å². The lowest BCUT2D eigenvalue weighted by atomic mass is 10.1. The summed E-state index contributed by atoms with van der Waals surface area (Å²) in [5.74, 6) is -1.17. The van der Waals surface area contributed by atoms with Crippen LogP contribution < -0.4 is 5.32 Å². The van der Waals surface area contributed by atoms with Crippen LogP contribution in [-0.4, -0.2) is 0 Å². The molecular formula is C15H11Br2F2N. The molecule has 0 aromatic heterocycles. The molecule has 2 aromatic carbocycles. The first-order chi connectivity index (χ1) is 9.54. The zero-order chi connectivity index (χ0) is 14.3. The van der Waals surface area contributed by atoms with Gasteiger partial charge >= 0.3 is 0 Å². The highest BCUT2D eigenvalue weighted by Crippen LogP contribution is 2.38. The van der Waals surface area contributed by atoms with Crippen molar-refractivity contribution in [1.29, 1.82) is 0 Å². The zero-order valence-corrected chi connectivity index (χ0v) is 13.6. The average Bonchev–Trinajstić information content (AvgIpc) is 2.76. The lowest BCUT2D eigenvalue weighted by Gasteiger charge is -2.17. The number of rotatable bonds is 2. The van der Waals surface area contributed by atoms with Crippen LogP contribution >= 0.6 is 31.9 Å². The fourth-order valence-corrected chi connectivity index (χ4v) is 3.52. The van der Waals surface area contributed by atoms with Crippen molar-refractivity contribution in [2.24, 2.45) is 0 Å². The molecule has 1 unspecified atom stereocenters. The summed E-state index contributed by atoms with van der Waals surface area (Å²) in [4.78, 5) is 0. The lowest BCUT2D eigenvalue weighted by Crippen LogP contribution is -2.09. The number of hydrogen-bond donors (Lipinski definition) is 1. The highest BCUT2D eigenvalue weighted by atomic mass is 79.9. The van der Waals surface area contributed by atoms with E-state index in [9.17, 15) is 8.78 Å². The van der Waals surface area contributed by atoms with Crippen LogP contribution in [0.2, 0.25) is 0 Å². The van der Waals surface area contributed by atoms with Crippen molar-refractivity contribution < 1.29 is 8.78 Å². The number of halogens is 4. The Balaban J connectivity index is 1.91. The Morgan fingerprint density at radius 2 is 1.90 bits per heavy atom. The molecule has 104 valence electrons. The fraction of sp³-hybridized carbons (Fsp3) is 0.200. The van der Waals surface area contributed by atoms with Gasteiger partial charge in [0.05, 0.1) is 11.7 Å². The van der Waals surface area contributed by atoms with Crippen LogP contribution in [0.1, 0.15) is 23.6 Å². The summed E-state index contributed by atoms with van der Waals surface area (Å²) in [5, 5.41) is 3.18. The molecule has 5 heteroatoms. The molecule has 0 bridgehead atoms. The van der Waals surface area contributed by atoms with Crippen molar-refractivity contribution in [2.75, 3.05) is 5.32 Å². The third-order valence-corrected chi connectivity index (χ3v) is 4.63. The van der Waals surface area contributed by atoms with E-state index in [1.165, 1.54) is 17.2 Å². The summed E-state index contributed by atoms with van der Waals surface area (Å²) in [7, 11) is 0. The minimum Gasteiger partial charge on any atom is -0.375 e. The van der Waals surface area contributed by atoms with Gasteiger partial charge in [-0.1, -0.05) is 22.0 Å². The molecule has 1 aliphatic rings. The Morgan fingerprint density at radius 1 is 1.10 bits per heavy atom. The second-order valence-corrected chi connectivity index (χ2v) is 6.59. The minimum atomic E-state index is -0.587. The number of aryl methyl sites for hydroxylation is 1. The second-order valence-electron chi connectivity index (χ2n) is 4.82. The maximum absolute atomic E-state index is 13.9. The number of nitrogens with one attached hydrogen (secondary N) is 1. The van der Waals surface area contributed by atoms with E-state index in [1.807, 2.05) is 12.1 Å². The van der Waals surface area contributed by atoms with Gasteiger partial charge in [0.1, 0.15) is 11.6 Å². The van der Waals surface area contributed by atoms with Crippen LogP contribution in [0.4, 0.5) is 14.5 Å². The third-order valence-electron chi connectivity index (χ3n) is 3.51. The molecule has 0 aliphatic heterocycles. The molecule has 20 heavy (non-hydrogen) atoms. The van der Waals surface area contributed by atoms with E-state index in [2.05, 4.69) is 43.2 Å². The predicted molar refractivity (Wildman–Crippen MR) is 82.9 cm³/mol. The number of benzene rings is 2. The van der Waals surface area contributed by atoms with Crippen molar-refractivity contribution in [3.05, 3.63) is 62.0 Å². The van der Waals surface area contributed by atoms with Crippen molar-refractivity contribution in [3.63, 3.8) is 0 Å². The maximum atomic E-state index is 13.9. The van der Waals surface area contributed by atoms with E-state index >= 15 is 0 Å². The van der Waals surface area contributed by atoms with E-state index < -0.39 is 11.6 Å². The summed E-state index contributed by atoms with van der Waals surface area (Å²) in [6.45, 7) is 0. The molecule has 0 spiro atoms. The van der Waals surface area contributed by atoms with Gasteiger partial charge in [0.25, 0.3) is 0 Å². The molecule has 0 heterocycles. The van der Waals surface area contributed by atoms with Crippen molar-refractivity contribution in [1.82, 2.24) is 0 Å². The van der Waals surface area contributed by atoms with Gasteiger partial charge in [0, 0.05) is 15.0 Å². The summed E-state index contributed by atoms with van der Waals surface area (Å²) in [5.41, 5.74) is 2.74. The fourth-order valence-electron chi connectivity index (χ4n) is 2.59. The number of fused-ring (bicyclic) bond motifs is 1. The van der Waals surface area contributed by atoms with Gasteiger partial charge in [0.2, 0.25) is 0 Å². The van der Waals surface area contributed by atoms with E-state index in [0.717, 1.165) is 23.4 Å². The standard InChI is InChI=1S/C15H11Br2F2N/c16-9-2-3-11-8(5-9)1-4-14(11)20-15-12(17)6-10(18)7-13(15)19/h2-3,5-7,14,20H,1,4H2. The highest BCUT2D eigenvalue weighted by Gasteiger charge is 2.24. The van der Waals surface area contributed by atoms with Crippen LogP contribution in [0.25, 0.3) is 0 Å². The SMILES string of the molecule is Fc1cc(F)c(NC2CCc3cc(Br)ccc32)c(Br)c1. The van der Waals surface area contributed by atoms with Gasteiger partial charge in [-0.3, -0.25) is 0 Å². The Bertz CT molecular complexity index is 650. The Morgan fingerprint density at radius 3 is 2.65 bits per heavy atom. The van der Waals surface area contributed by atoms with Gasteiger partial charge in [-0.2, -0.15) is 0 Å². The zero-order valence-electron chi connectivity index (χ0n) is 10.4. The smallest absolute Gasteiger partial charge is 0.150 e. The summed E-state index contributed by atoms with van der Waals surface area (Å²) < 4.78 is 28.4. The van der Waals surface area contributed by atoms with Crippen molar-refractivity contribution in [3.8, 4) is 0 Å². The molecule has 2 aromatic rings. The van der Waals surface area contributed by atoms with Gasteiger partial charge in [-0.25, -0.2) is 8.78 Å². The Kier molecular flexibility index (Phi) is 3.82. The summed E-state index contributed by atoms with van der Waals surface area (Å²) in [6, 6.07) is 8.32. The first-order valence-electron chi connectivity index (χ1n) is 6.24. The van der Waals surface area contributed by atoms with E-state index in [0.29, 0.717) is 10.2 Å². The summed E-state index contributed by atoms with van der Waals surface area (Å²) in [6.07, 6.45) is 1.85. The largest absolute Gasteiger partial charge is 0.375 e. The van der Waals surface area contributed by atoms with E-state index in [-0.39, 0.29) is 6.04 Å². The van der Waals surface area contributed by atoms with Crippen LogP contribution in [0, 0.1) is 11.6 Å². The minimum absolute atomic E-state index is 0.0503. The van der Waals surface area contributed by atoms with E-state index in [1.54, 1.807) is 0 Å². The van der Waals surface area contributed by atoms with Gasteiger partial charge in [-0.05, 0) is 58.1 Å². The molecule has 0 fully saturated rings. The second kappa shape index (κ2) is 5.45. The third kappa shape index (κ3) is 2.61. The Hall–Kier alpha value is -0.940. The molecule has 1 aliphatic carbocycles. The molecule has 1 atom stereocenters. The molecule has 0 saturated heterocycles. The van der Waals surface area contributed by atoms with Gasteiger partial charge in [-0.15, -0.1) is 0 Å². The molecule has 3 rings (SSSR count). The average molecular weight is 403 g/mol. The molecular weight excluding hydrogens is 392 g/mol. The quantitative estimate of drug-likeness (QED) is 0.690. The van der Waals surface area contributed by atoms with Crippen LogP contribution in [0.5, 0.6) is 0 Å². The molecule has 1 nitrogen and oxygen atoms in total. The monoisotopic (exact) mass is 401 g/mol. The van der Waals surface area contributed by atoms with E-state index in [4.69, 9.17) is 0 Å². The van der Waals surface area contributed by atoms with Crippen molar-refractivity contribution >= 4 is 37.5 Å². The topological polar surface area (TPSA) is 12.0 Å². The lowest BCUT2D eigenvalue weighted by molar-refractivity contribution is 0.581. The van der Waals surface area contributed by atoms with Gasteiger partial charge in [0.15, 0.2) is 0 Å².